The Kier molecular flexibility index (Phi) is 11.4. The van der Waals surface area contributed by atoms with Crippen LogP contribution in [0.3, 0.4) is 0 Å². The van der Waals surface area contributed by atoms with Crippen molar-refractivity contribution in [2.24, 2.45) is 0 Å². The molecule has 0 atom stereocenters. The van der Waals surface area contributed by atoms with Crippen molar-refractivity contribution in [1.82, 2.24) is 0 Å². The predicted molar refractivity (Wildman–Crippen MR) is 37.7 cm³/mol. The van der Waals surface area contributed by atoms with E-state index in [2.05, 4.69) is 0 Å². The molecule has 4 nitrogen and oxygen atoms in total. The minimum atomic E-state index is -1.05. The molecule has 0 aliphatic rings. The number of carbonyl (C=O) groups excluding carboxylic acids is 2. The first-order valence-corrected chi connectivity index (χ1v) is 4.02. The van der Waals surface area contributed by atoms with Crippen molar-refractivity contribution < 1.29 is 42.2 Å². The number of unbranched alkanes of at least 4 members (excludes halogenated alkanes) is 3. The molecule has 5 heteroatoms. The van der Waals surface area contributed by atoms with Gasteiger partial charge in [-0.15, -0.1) is 0 Å². The van der Waals surface area contributed by atoms with Gasteiger partial charge in [-0.2, -0.15) is 0 Å². The molecular formula is C8H12AgO4. The first kappa shape index (κ1) is 15.2. The zero-order valence-corrected chi connectivity index (χ0v) is 8.66. The van der Waals surface area contributed by atoms with Gasteiger partial charge in [0.2, 0.25) is 0 Å². The number of carbonyl (C=O) groups is 2. The minimum absolute atomic E-state index is 0. The summed E-state index contributed by atoms with van der Waals surface area (Å²) in [6.45, 7) is 0. The molecule has 0 N–H and O–H groups in total. The SMILES string of the molecule is O=C([O-])CCCCCCC(=O)[O-].[Ag+2]. The first-order valence-electron chi connectivity index (χ1n) is 4.02. The normalized spacial score (nSPS) is 8.92. The second-order valence-corrected chi connectivity index (χ2v) is 2.66. The Labute approximate surface area is 92.8 Å². The Bertz CT molecular complexity index is 140. The Morgan fingerprint density at radius 1 is 0.769 bits per heavy atom. The summed E-state index contributed by atoms with van der Waals surface area (Å²) in [6.07, 6.45) is 2.73. The first-order chi connectivity index (χ1) is 5.63. The number of aliphatic carboxylic acids is 2. The molecule has 0 spiro atoms. The molecule has 79 valence electrons. The van der Waals surface area contributed by atoms with Gasteiger partial charge in [0.15, 0.2) is 0 Å². The van der Waals surface area contributed by atoms with E-state index in [4.69, 9.17) is 0 Å². The van der Waals surface area contributed by atoms with Crippen LogP contribution in [0.25, 0.3) is 0 Å². The van der Waals surface area contributed by atoms with Gasteiger partial charge in [-0.05, 0) is 25.7 Å². The third kappa shape index (κ3) is 14.5. The fourth-order valence-electron chi connectivity index (χ4n) is 0.892. The van der Waals surface area contributed by atoms with Gasteiger partial charge in [0.1, 0.15) is 0 Å². The number of hydrogen-bond acceptors (Lipinski definition) is 4. The van der Waals surface area contributed by atoms with Crippen molar-refractivity contribution in [3.05, 3.63) is 0 Å². The van der Waals surface area contributed by atoms with E-state index < -0.39 is 11.9 Å². The predicted octanol–water partition coefficient (Wildman–Crippen LogP) is -1.18. The monoisotopic (exact) mass is 279 g/mol. The Morgan fingerprint density at radius 2 is 1.08 bits per heavy atom. The third-order valence-corrected chi connectivity index (χ3v) is 1.51. The molecule has 1 radical (unpaired) electrons. The summed E-state index contributed by atoms with van der Waals surface area (Å²) in [7, 11) is 0. The molecule has 0 bridgehead atoms. The van der Waals surface area contributed by atoms with Crippen molar-refractivity contribution >= 4 is 11.9 Å². The summed E-state index contributed by atoms with van der Waals surface area (Å²) in [5.74, 6) is -2.09. The van der Waals surface area contributed by atoms with Crippen molar-refractivity contribution in [2.75, 3.05) is 0 Å². The fraction of sp³-hybridized carbons (Fsp3) is 0.750. The minimum Gasteiger partial charge on any atom is -0.550 e. The van der Waals surface area contributed by atoms with E-state index in [0.29, 0.717) is 12.8 Å². The maximum absolute atomic E-state index is 9.92. The molecule has 0 amide bonds. The molecule has 0 aromatic carbocycles. The van der Waals surface area contributed by atoms with Crippen LogP contribution in [0.2, 0.25) is 0 Å². The van der Waals surface area contributed by atoms with Crippen molar-refractivity contribution in [1.29, 1.82) is 0 Å². The smallest absolute Gasteiger partial charge is 0.550 e. The molecule has 0 fully saturated rings. The summed E-state index contributed by atoms with van der Waals surface area (Å²) < 4.78 is 0. The van der Waals surface area contributed by atoms with Crippen LogP contribution in [0, 0.1) is 0 Å². The van der Waals surface area contributed by atoms with Crippen LogP contribution in [0.1, 0.15) is 38.5 Å². The molecular weight excluding hydrogens is 268 g/mol. The van der Waals surface area contributed by atoms with E-state index in [1.165, 1.54) is 0 Å². The van der Waals surface area contributed by atoms with Crippen LogP contribution < -0.4 is 10.2 Å². The summed E-state index contributed by atoms with van der Waals surface area (Å²) >= 11 is 0. The zero-order valence-electron chi connectivity index (χ0n) is 7.18. The van der Waals surface area contributed by atoms with Crippen LogP contribution in [0.4, 0.5) is 0 Å². The molecule has 0 aromatic rings. The molecule has 0 aliphatic carbocycles. The second-order valence-electron chi connectivity index (χ2n) is 2.66. The number of hydrogen-bond donors (Lipinski definition) is 0. The van der Waals surface area contributed by atoms with Crippen molar-refractivity contribution in [3.63, 3.8) is 0 Å². The molecule has 13 heavy (non-hydrogen) atoms. The van der Waals surface area contributed by atoms with Crippen LogP contribution >= 0.6 is 0 Å². The molecule has 0 rings (SSSR count). The van der Waals surface area contributed by atoms with E-state index in [-0.39, 0.29) is 35.2 Å². The number of carboxylic acid groups (broad SMARTS) is 2. The van der Waals surface area contributed by atoms with Gasteiger partial charge >= 0.3 is 22.4 Å². The average molecular weight is 280 g/mol. The van der Waals surface area contributed by atoms with E-state index in [9.17, 15) is 19.8 Å². The summed E-state index contributed by atoms with van der Waals surface area (Å²) in [5.41, 5.74) is 0. The van der Waals surface area contributed by atoms with Crippen LogP contribution in [-0.2, 0) is 32.0 Å². The van der Waals surface area contributed by atoms with Crippen molar-refractivity contribution in [3.8, 4) is 0 Å². The molecule has 0 unspecified atom stereocenters. The molecule has 0 heterocycles. The fourth-order valence-corrected chi connectivity index (χ4v) is 0.892. The van der Waals surface area contributed by atoms with Crippen molar-refractivity contribution in [2.45, 2.75) is 38.5 Å². The Hall–Kier alpha value is -0.320. The van der Waals surface area contributed by atoms with Gasteiger partial charge in [-0.25, -0.2) is 0 Å². The maximum atomic E-state index is 9.92. The summed E-state index contributed by atoms with van der Waals surface area (Å²) in [5, 5.41) is 19.8. The molecule has 0 saturated carbocycles. The molecule has 0 aromatic heterocycles. The average Bonchev–Trinajstić information content (AvgIpc) is 1.95. The van der Waals surface area contributed by atoms with Crippen LogP contribution in [0.15, 0.2) is 0 Å². The maximum Gasteiger partial charge on any atom is 2.00 e. The number of rotatable bonds is 7. The van der Waals surface area contributed by atoms with Crippen LogP contribution in [0.5, 0.6) is 0 Å². The topological polar surface area (TPSA) is 80.3 Å². The third-order valence-electron chi connectivity index (χ3n) is 1.51. The molecule has 0 saturated heterocycles. The van der Waals surface area contributed by atoms with Gasteiger partial charge in [-0.1, -0.05) is 12.8 Å². The van der Waals surface area contributed by atoms with E-state index in [1.807, 2.05) is 0 Å². The quantitative estimate of drug-likeness (QED) is 0.434. The van der Waals surface area contributed by atoms with E-state index in [1.54, 1.807) is 0 Å². The van der Waals surface area contributed by atoms with E-state index >= 15 is 0 Å². The van der Waals surface area contributed by atoms with Crippen LogP contribution in [-0.4, -0.2) is 11.9 Å². The second kappa shape index (κ2) is 9.77. The van der Waals surface area contributed by atoms with Gasteiger partial charge in [-0.3, -0.25) is 0 Å². The Morgan fingerprint density at radius 3 is 1.31 bits per heavy atom. The standard InChI is InChI=1S/C8H14O4.Ag/c9-7(10)5-3-1-2-4-6-8(11)12;/h1-6H2,(H,9,10)(H,11,12);/q;+2/p-2. The summed E-state index contributed by atoms with van der Waals surface area (Å²) in [4.78, 5) is 19.8. The van der Waals surface area contributed by atoms with Gasteiger partial charge in [0.05, 0.1) is 0 Å². The van der Waals surface area contributed by atoms with Gasteiger partial charge < -0.3 is 19.8 Å². The van der Waals surface area contributed by atoms with Gasteiger partial charge in [0, 0.05) is 11.9 Å². The van der Waals surface area contributed by atoms with E-state index in [0.717, 1.165) is 12.8 Å². The largest absolute Gasteiger partial charge is 2.00 e. The zero-order chi connectivity index (χ0) is 9.40. The van der Waals surface area contributed by atoms with Gasteiger partial charge in [0.25, 0.3) is 0 Å². The molecule has 0 aliphatic heterocycles. The Balaban J connectivity index is 0. The summed E-state index contributed by atoms with van der Waals surface area (Å²) in [6, 6.07) is 0. The number of carboxylic acids is 2.